The SMILES string of the molecule is C=CCC1(O)CCCCC1(CC=C)CC=C. The standard InChI is InChI=1S/C15H24O/c1-4-9-14(10-5-2)12-7-8-13-15(14,16)11-6-3/h4-6,16H,1-3,7-13H2. The molecule has 1 unspecified atom stereocenters. The van der Waals surface area contributed by atoms with Crippen molar-refractivity contribution in [3.63, 3.8) is 0 Å². The third-order valence-electron chi connectivity index (χ3n) is 4.04. The molecule has 1 N–H and O–H groups in total. The fourth-order valence-corrected chi connectivity index (χ4v) is 3.16. The van der Waals surface area contributed by atoms with Gasteiger partial charge in [0.1, 0.15) is 0 Å². The summed E-state index contributed by atoms with van der Waals surface area (Å²) in [5.74, 6) is 0. The molecule has 90 valence electrons. The molecule has 0 saturated heterocycles. The van der Waals surface area contributed by atoms with E-state index in [9.17, 15) is 5.11 Å². The molecule has 1 aliphatic carbocycles. The Morgan fingerprint density at radius 1 is 0.875 bits per heavy atom. The van der Waals surface area contributed by atoms with Gasteiger partial charge in [-0.2, -0.15) is 0 Å². The molecule has 0 aromatic carbocycles. The summed E-state index contributed by atoms with van der Waals surface area (Å²) in [7, 11) is 0. The molecular weight excluding hydrogens is 196 g/mol. The largest absolute Gasteiger partial charge is 0.389 e. The number of allylic oxidation sites excluding steroid dienone is 2. The van der Waals surface area contributed by atoms with Crippen LogP contribution in [0, 0.1) is 5.41 Å². The molecule has 1 rings (SSSR count). The first-order valence-corrected chi connectivity index (χ1v) is 6.19. The fourth-order valence-electron chi connectivity index (χ4n) is 3.16. The van der Waals surface area contributed by atoms with Gasteiger partial charge in [0.2, 0.25) is 0 Å². The van der Waals surface area contributed by atoms with Crippen molar-refractivity contribution in [1.29, 1.82) is 0 Å². The predicted octanol–water partition coefficient (Wildman–Crippen LogP) is 4.01. The van der Waals surface area contributed by atoms with Crippen molar-refractivity contribution in [2.75, 3.05) is 0 Å². The van der Waals surface area contributed by atoms with Crippen molar-refractivity contribution >= 4 is 0 Å². The van der Waals surface area contributed by atoms with Crippen molar-refractivity contribution in [2.45, 2.75) is 50.5 Å². The van der Waals surface area contributed by atoms with Crippen LogP contribution in [0.3, 0.4) is 0 Å². The summed E-state index contributed by atoms with van der Waals surface area (Å²) in [4.78, 5) is 0. The van der Waals surface area contributed by atoms with E-state index in [1.165, 1.54) is 6.42 Å². The minimum absolute atomic E-state index is 0.0665. The van der Waals surface area contributed by atoms with Crippen LogP contribution in [0.4, 0.5) is 0 Å². The van der Waals surface area contributed by atoms with Gasteiger partial charge in [0.05, 0.1) is 5.60 Å². The molecule has 16 heavy (non-hydrogen) atoms. The van der Waals surface area contributed by atoms with Crippen LogP contribution in [0.2, 0.25) is 0 Å². The quantitative estimate of drug-likeness (QED) is 0.671. The molecular formula is C15H24O. The highest BCUT2D eigenvalue weighted by atomic mass is 16.3. The molecule has 0 aliphatic heterocycles. The van der Waals surface area contributed by atoms with Gasteiger partial charge in [-0.15, -0.1) is 19.7 Å². The monoisotopic (exact) mass is 220 g/mol. The van der Waals surface area contributed by atoms with Crippen molar-refractivity contribution < 1.29 is 5.11 Å². The zero-order valence-electron chi connectivity index (χ0n) is 10.3. The molecule has 1 nitrogen and oxygen atoms in total. The van der Waals surface area contributed by atoms with E-state index in [0.29, 0.717) is 6.42 Å². The maximum Gasteiger partial charge on any atom is 0.0743 e. The summed E-state index contributed by atoms with van der Waals surface area (Å²) >= 11 is 0. The van der Waals surface area contributed by atoms with Gasteiger partial charge in [0.25, 0.3) is 0 Å². The maximum atomic E-state index is 10.9. The Morgan fingerprint density at radius 3 is 1.88 bits per heavy atom. The smallest absolute Gasteiger partial charge is 0.0743 e. The van der Waals surface area contributed by atoms with Crippen LogP contribution in [0.1, 0.15) is 44.9 Å². The van der Waals surface area contributed by atoms with E-state index in [-0.39, 0.29) is 5.41 Å². The number of hydrogen-bond acceptors (Lipinski definition) is 1. The lowest BCUT2D eigenvalue weighted by molar-refractivity contribution is -0.110. The van der Waals surface area contributed by atoms with E-state index < -0.39 is 5.60 Å². The average Bonchev–Trinajstić information content (AvgIpc) is 2.24. The van der Waals surface area contributed by atoms with E-state index in [1.54, 1.807) is 0 Å². The lowest BCUT2D eigenvalue weighted by Crippen LogP contribution is -2.50. The Labute approximate surface area is 99.6 Å². The summed E-state index contributed by atoms with van der Waals surface area (Å²) in [6, 6.07) is 0. The first-order chi connectivity index (χ1) is 7.64. The highest BCUT2D eigenvalue weighted by molar-refractivity contribution is 5.08. The van der Waals surface area contributed by atoms with Crippen LogP contribution in [0.15, 0.2) is 38.0 Å². The van der Waals surface area contributed by atoms with E-state index in [2.05, 4.69) is 19.7 Å². The van der Waals surface area contributed by atoms with Crippen LogP contribution < -0.4 is 0 Å². The van der Waals surface area contributed by atoms with Gasteiger partial charge in [-0.3, -0.25) is 0 Å². The molecule has 1 aliphatic rings. The highest BCUT2D eigenvalue weighted by Crippen LogP contribution is 2.51. The summed E-state index contributed by atoms with van der Waals surface area (Å²) in [6.07, 6.45) is 12.4. The molecule has 1 saturated carbocycles. The zero-order chi connectivity index (χ0) is 12.1. The van der Waals surface area contributed by atoms with Crippen molar-refractivity contribution in [2.24, 2.45) is 5.41 Å². The van der Waals surface area contributed by atoms with Gasteiger partial charge in [0, 0.05) is 5.41 Å². The summed E-state index contributed by atoms with van der Waals surface area (Å²) in [5.41, 5.74) is -0.682. The zero-order valence-corrected chi connectivity index (χ0v) is 10.3. The Balaban J connectivity index is 3.01. The minimum atomic E-state index is -0.616. The predicted molar refractivity (Wildman–Crippen MR) is 70.3 cm³/mol. The second-order valence-electron chi connectivity index (χ2n) is 5.00. The molecule has 0 amide bonds. The Morgan fingerprint density at radius 2 is 1.38 bits per heavy atom. The van der Waals surface area contributed by atoms with Crippen LogP contribution in [-0.4, -0.2) is 10.7 Å². The topological polar surface area (TPSA) is 20.2 Å². The third kappa shape index (κ3) is 2.30. The first-order valence-electron chi connectivity index (χ1n) is 6.19. The lowest BCUT2D eigenvalue weighted by atomic mass is 9.58. The van der Waals surface area contributed by atoms with Crippen molar-refractivity contribution in [1.82, 2.24) is 0 Å². The summed E-state index contributed by atoms with van der Waals surface area (Å²) in [6.45, 7) is 11.4. The average molecular weight is 220 g/mol. The maximum absolute atomic E-state index is 10.9. The van der Waals surface area contributed by atoms with Gasteiger partial charge >= 0.3 is 0 Å². The van der Waals surface area contributed by atoms with Crippen LogP contribution >= 0.6 is 0 Å². The summed E-state index contributed by atoms with van der Waals surface area (Å²) in [5, 5.41) is 10.9. The summed E-state index contributed by atoms with van der Waals surface area (Å²) < 4.78 is 0. The van der Waals surface area contributed by atoms with E-state index in [1.807, 2.05) is 18.2 Å². The third-order valence-corrected chi connectivity index (χ3v) is 4.04. The molecule has 0 aromatic heterocycles. The molecule has 1 atom stereocenters. The van der Waals surface area contributed by atoms with E-state index in [0.717, 1.165) is 32.1 Å². The van der Waals surface area contributed by atoms with Crippen molar-refractivity contribution in [3.05, 3.63) is 38.0 Å². The van der Waals surface area contributed by atoms with E-state index >= 15 is 0 Å². The van der Waals surface area contributed by atoms with Gasteiger partial charge < -0.3 is 5.11 Å². The Kier molecular flexibility index (Phi) is 4.55. The molecule has 1 fully saturated rings. The first kappa shape index (κ1) is 13.2. The number of hydrogen-bond donors (Lipinski definition) is 1. The second-order valence-corrected chi connectivity index (χ2v) is 5.00. The van der Waals surface area contributed by atoms with Gasteiger partial charge in [-0.05, 0) is 32.1 Å². The fraction of sp³-hybridized carbons (Fsp3) is 0.600. The van der Waals surface area contributed by atoms with Crippen LogP contribution in [0.25, 0.3) is 0 Å². The van der Waals surface area contributed by atoms with Gasteiger partial charge in [-0.25, -0.2) is 0 Å². The van der Waals surface area contributed by atoms with Gasteiger partial charge in [-0.1, -0.05) is 31.1 Å². The second kappa shape index (κ2) is 5.49. The Bertz CT molecular complexity index is 257. The molecule has 1 heteroatoms. The molecule has 0 bridgehead atoms. The van der Waals surface area contributed by atoms with E-state index in [4.69, 9.17) is 0 Å². The van der Waals surface area contributed by atoms with Crippen LogP contribution in [0.5, 0.6) is 0 Å². The highest BCUT2D eigenvalue weighted by Gasteiger charge is 2.48. The van der Waals surface area contributed by atoms with Crippen LogP contribution in [-0.2, 0) is 0 Å². The molecule has 0 radical (unpaired) electrons. The number of rotatable bonds is 6. The number of aliphatic hydroxyl groups is 1. The Hall–Kier alpha value is -0.820. The molecule has 0 spiro atoms. The normalized spacial score (nSPS) is 28.3. The van der Waals surface area contributed by atoms with Crippen molar-refractivity contribution in [3.8, 4) is 0 Å². The molecule has 0 heterocycles. The minimum Gasteiger partial charge on any atom is -0.389 e. The lowest BCUT2D eigenvalue weighted by Gasteiger charge is -2.50. The molecule has 0 aromatic rings. The van der Waals surface area contributed by atoms with Gasteiger partial charge in [0.15, 0.2) is 0 Å².